The number of aromatic nitrogens is 3. The molecule has 1 aromatic heterocycles. The molecule has 0 aromatic carbocycles. The van der Waals surface area contributed by atoms with Crippen molar-refractivity contribution in [1.29, 1.82) is 0 Å². The quantitative estimate of drug-likeness (QED) is 0.290. The molecule has 1 aliphatic heterocycles. The van der Waals surface area contributed by atoms with Crippen molar-refractivity contribution in [2.24, 2.45) is 10.4 Å². The molecule has 0 bridgehead atoms. The Morgan fingerprint density at radius 3 is 2.76 bits per heavy atom. The first kappa shape index (κ1) is 22.4. The van der Waals surface area contributed by atoms with Gasteiger partial charge in [-0.2, -0.15) is 0 Å². The maximum absolute atomic E-state index is 4.57. The molecule has 1 atom stereocenters. The lowest BCUT2D eigenvalue weighted by molar-refractivity contribution is 0.142. The number of aliphatic imine (C=N–C) groups is 1. The Kier molecular flexibility index (Phi) is 8.27. The van der Waals surface area contributed by atoms with Gasteiger partial charge in [-0.05, 0) is 50.2 Å². The van der Waals surface area contributed by atoms with Crippen LogP contribution in [0.5, 0.6) is 0 Å². The molecule has 2 fully saturated rings. The van der Waals surface area contributed by atoms with E-state index in [1.54, 1.807) is 11.8 Å². The highest BCUT2D eigenvalue weighted by molar-refractivity contribution is 7.98. The number of nitrogens with one attached hydrogen (secondary N) is 1. The molecule has 1 saturated carbocycles. The van der Waals surface area contributed by atoms with E-state index in [1.165, 1.54) is 51.4 Å². The second-order valence-corrected chi connectivity index (χ2v) is 9.85. The van der Waals surface area contributed by atoms with Crippen LogP contribution in [0.1, 0.15) is 83.5 Å². The zero-order chi connectivity index (χ0) is 20.7. The Morgan fingerprint density at radius 2 is 2.07 bits per heavy atom. The molecule has 0 spiro atoms. The van der Waals surface area contributed by atoms with Crippen molar-refractivity contribution in [3.05, 3.63) is 5.82 Å². The monoisotopic (exact) mass is 420 g/mol. The van der Waals surface area contributed by atoms with Crippen LogP contribution in [-0.2, 0) is 6.42 Å². The van der Waals surface area contributed by atoms with E-state index in [-0.39, 0.29) is 0 Å². The Morgan fingerprint density at radius 1 is 1.28 bits per heavy atom. The summed E-state index contributed by atoms with van der Waals surface area (Å²) < 4.78 is 2.42. The molecule has 0 radical (unpaired) electrons. The van der Waals surface area contributed by atoms with E-state index in [0.717, 1.165) is 49.4 Å². The zero-order valence-electron chi connectivity index (χ0n) is 18.9. The Labute approximate surface area is 181 Å². The van der Waals surface area contributed by atoms with Gasteiger partial charge in [-0.1, -0.05) is 44.9 Å². The first-order valence-corrected chi connectivity index (χ1v) is 12.8. The van der Waals surface area contributed by atoms with Crippen LogP contribution in [0.2, 0.25) is 0 Å². The van der Waals surface area contributed by atoms with E-state index in [4.69, 9.17) is 0 Å². The van der Waals surface area contributed by atoms with E-state index in [9.17, 15) is 0 Å². The second kappa shape index (κ2) is 10.7. The van der Waals surface area contributed by atoms with E-state index in [0.29, 0.717) is 11.5 Å². The lowest BCUT2D eigenvalue weighted by Gasteiger charge is -2.42. The molecule has 0 amide bonds. The van der Waals surface area contributed by atoms with Crippen LogP contribution in [0.4, 0.5) is 0 Å². The van der Waals surface area contributed by atoms with Crippen LogP contribution in [0.15, 0.2) is 10.1 Å². The average Bonchev–Trinajstić information content (AvgIpc) is 3.37. The highest BCUT2D eigenvalue weighted by Gasteiger charge is 2.31. The second-order valence-electron chi connectivity index (χ2n) is 9.07. The number of likely N-dealkylation sites (tertiary alicyclic amines) is 1. The summed E-state index contributed by atoms with van der Waals surface area (Å²) in [5.41, 5.74) is 0.427. The van der Waals surface area contributed by atoms with Gasteiger partial charge >= 0.3 is 0 Å². The molecule has 2 aliphatic rings. The van der Waals surface area contributed by atoms with E-state index in [1.807, 2.05) is 7.05 Å². The van der Waals surface area contributed by atoms with Crippen molar-refractivity contribution >= 4 is 17.7 Å². The minimum atomic E-state index is 0.427. The van der Waals surface area contributed by atoms with Crippen LogP contribution in [-0.4, -0.2) is 58.6 Å². The summed E-state index contributed by atoms with van der Waals surface area (Å²) in [5.74, 6) is 2.22. The largest absolute Gasteiger partial charge is 0.356 e. The fourth-order valence-electron chi connectivity index (χ4n) is 5.23. The average molecular weight is 421 g/mol. The molecule has 1 aliphatic carbocycles. The number of aryl methyl sites for hydroxylation is 1. The molecule has 29 heavy (non-hydrogen) atoms. The van der Waals surface area contributed by atoms with Gasteiger partial charge in [0.2, 0.25) is 0 Å². The molecule has 1 N–H and O–H groups in total. The molecule has 1 saturated heterocycles. The highest BCUT2D eigenvalue weighted by Crippen LogP contribution is 2.34. The first-order chi connectivity index (χ1) is 14.1. The number of thioether (sulfide) groups is 1. The summed E-state index contributed by atoms with van der Waals surface area (Å²) in [6.45, 7) is 7.90. The lowest BCUT2D eigenvalue weighted by atomic mass is 9.78. The van der Waals surface area contributed by atoms with Crippen molar-refractivity contribution in [3.8, 4) is 0 Å². The molecular weight excluding hydrogens is 380 g/mol. The van der Waals surface area contributed by atoms with E-state index < -0.39 is 0 Å². The normalized spacial score (nSPS) is 23.7. The fraction of sp³-hybridized carbons (Fsp3) is 0.864. The van der Waals surface area contributed by atoms with Gasteiger partial charge in [0.15, 0.2) is 11.1 Å². The van der Waals surface area contributed by atoms with Crippen LogP contribution >= 0.6 is 11.8 Å². The fourth-order valence-corrected chi connectivity index (χ4v) is 5.80. The summed E-state index contributed by atoms with van der Waals surface area (Å²) in [4.78, 5) is 7.04. The topological polar surface area (TPSA) is 58.3 Å². The summed E-state index contributed by atoms with van der Waals surface area (Å²) in [7, 11) is 1.91. The van der Waals surface area contributed by atoms with Gasteiger partial charge in [-0.3, -0.25) is 4.99 Å². The SMILES string of the molecule is CCCC1(C)CCCN(C(=NC)NCCCc2nnc(SC)n2C2CCCC2)C1. The molecule has 6 nitrogen and oxygen atoms in total. The van der Waals surface area contributed by atoms with E-state index in [2.05, 4.69) is 50.1 Å². The van der Waals surface area contributed by atoms with Crippen molar-refractivity contribution in [2.45, 2.75) is 89.3 Å². The van der Waals surface area contributed by atoms with Gasteiger partial charge in [0.25, 0.3) is 0 Å². The Hall–Kier alpha value is -1.24. The molecule has 1 unspecified atom stereocenters. The van der Waals surface area contributed by atoms with Crippen molar-refractivity contribution in [2.75, 3.05) is 32.9 Å². The van der Waals surface area contributed by atoms with Crippen LogP contribution in [0, 0.1) is 5.41 Å². The summed E-state index contributed by atoms with van der Waals surface area (Å²) in [6, 6.07) is 0.604. The van der Waals surface area contributed by atoms with Gasteiger partial charge < -0.3 is 14.8 Å². The molecule has 3 rings (SSSR count). The molecule has 7 heteroatoms. The predicted octanol–water partition coefficient (Wildman–Crippen LogP) is 4.53. The predicted molar refractivity (Wildman–Crippen MR) is 123 cm³/mol. The third kappa shape index (κ3) is 5.68. The number of piperidine rings is 1. The summed E-state index contributed by atoms with van der Waals surface area (Å²) >= 11 is 1.72. The standard InChI is InChI=1S/C22H40N6S/c1-5-13-22(2)14-9-16-27(17-22)20(23-3)24-15-8-12-19-25-26-21(29-4)28(19)18-10-6-7-11-18/h18H,5-17H2,1-4H3,(H,23,24). The molecule has 1 aromatic rings. The van der Waals surface area contributed by atoms with Crippen molar-refractivity contribution in [3.63, 3.8) is 0 Å². The van der Waals surface area contributed by atoms with Gasteiger partial charge in [-0.25, -0.2) is 0 Å². The lowest BCUT2D eigenvalue weighted by Crippen LogP contribution is -2.50. The van der Waals surface area contributed by atoms with Crippen LogP contribution in [0.3, 0.4) is 0 Å². The van der Waals surface area contributed by atoms with Crippen LogP contribution < -0.4 is 5.32 Å². The number of hydrogen-bond donors (Lipinski definition) is 1. The van der Waals surface area contributed by atoms with Gasteiger partial charge in [-0.15, -0.1) is 10.2 Å². The first-order valence-electron chi connectivity index (χ1n) is 11.5. The highest BCUT2D eigenvalue weighted by atomic mass is 32.2. The maximum Gasteiger partial charge on any atom is 0.193 e. The van der Waals surface area contributed by atoms with Gasteiger partial charge in [0.1, 0.15) is 5.82 Å². The van der Waals surface area contributed by atoms with Gasteiger partial charge in [0.05, 0.1) is 0 Å². The minimum Gasteiger partial charge on any atom is -0.356 e. The summed E-state index contributed by atoms with van der Waals surface area (Å²) in [6.07, 6.45) is 14.5. The molecule has 2 heterocycles. The zero-order valence-corrected chi connectivity index (χ0v) is 19.7. The van der Waals surface area contributed by atoms with Crippen molar-refractivity contribution < 1.29 is 0 Å². The molecule has 164 valence electrons. The van der Waals surface area contributed by atoms with Crippen LogP contribution in [0.25, 0.3) is 0 Å². The van der Waals surface area contributed by atoms with Crippen molar-refractivity contribution in [1.82, 2.24) is 25.0 Å². The maximum atomic E-state index is 4.57. The smallest absolute Gasteiger partial charge is 0.193 e. The van der Waals surface area contributed by atoms with Gasteiger partial charge in [0, 0.05) is 39.1 Å². The van der Waals surface area contributed by atoms with E-state index >= 15 is 0 Å². The molecular formula is C22H40N6S. The number of nitrogens with zero attached hydrogens (tertiary/aromatic N) is 5. The number of hydrogen-bond acceptors (Lipinski definition) is 4. The Balaban J connectivity index is 1.51. The summed E-state index contributed by atoms with van der Waals surface area (Å²) in [5, 5.41) is 13.7. The third-order valence-corrected chi connectivity index (χ3v) is 7.26. The Bertz CT molecular complexity index is 662. The number of guanidine groups is 1. The minimum absolute atomic E-state index is 0.427. The number of rotatable bonds is 8. The third-order valence-electron chi connectivity index (χ3n) is 6.61.